The average molecular weight is 473 g/mol. The van der Waals surface area contributed by atoms with E-state index >= 15 is 0 Å². The fourth-order valence-electron chi connectivity index (χ4n) is 4.33. The third-order valence-electron chi connectivity index (χ3n) is 6.14. The summed E-state index contributed by atoms with van der Waals surface area (Å²) in [5.74, 6) is -0.345. The maximum absolute atomic E-state index is 13.2. The number of halogens is 6. The fraction of sp³-hybridized carbons (Fsp3) is 0.458. The number of carbonyl (C=O) groups is 1. The van der Waals surface area contributed by atoms with Gasteiger partial charge in [0.1, 0.15) is 0 Å². The lowest BCUT2D eigenvalue weighted by Gasteiger charge is -2.28. The summed E-state index contributed by atoms with van der Waals surface area (Å²) in [6.45, 7) is 5.48. The smallest absolute Gasteiger partial charge is 0.370 e. The first-order chi connectivity index (χ1) is 15.3. The Morgan fingerprint density at radius 2 is 1.48 bits per heavy atom. The zero-order chi connectivity index (χ0) is 24.6. The van der Waals surface area contributed by atoms with Gasteiger partial charge in [-0.1, -0.05) is 30.3 Å². The molecule has 3 rings (SSSR count). The summed E-state index contributed by atoms with van der Waals surface area (Å²) in [7, 11) is 0. The van der Waals surface area contributed by atoms with Crippen molar-refractivity contribution in [2.45, 2.75) is 51.2 Å². The van der Waals surface area contributed by atoms with Gasteiger partial charge in [0.2, 0.25) is 5.91 Å². The summed E-state index contributed by atoms with van der Waals surface area (Å²) >= 11 is 0. The largest absolute Gasteiger partial charge is 0.416 e. The number of hydrogen-bond donors (Lipinski definition) is 0. The molecule has 9 heteroatoms. The molecule has 1 aliphatic rings. The standard InChI is InChI=1S/C24H25F6NO2/c1-14(18-9-19(23(25,26)27)11-20(10-18)24(28,29)30)33-15(2)21-12-31(16(3)32)13-22(21)17-7-5-4-6-8-17/h4-11,14-15,21-22H,12-13H2,1-3H3/t14?,15?,21-,22?/m0/s1. The third-order valence-corrected chi connectivity index (χ3v) is 6.14. The van der Waals surface area contributed by atoms with Crippen molar-refractivity contribution in [2.75, 3.05) is 13.1 Å². The Balaban J connectivity index is 1.87. The summed E-state index contributed by atoms with van der Waals surface area (Å²) in [4.78, 5) is 13.6. The first kappa shape index (κ1) is 25.1. The molecule has 2 aromatic carbocycles. The second-order valence-corrected chi connectivity index (χ2v) is 8.43. The van der Waals surface area contributed by atoms with Gasteiger partial charge in [-0.25, -0.2) is 0 Å². The number of benzene rings is 2. The minimum absolute atomic E-state index is 0.0652. The number of rotatable bonds is 5. The van der Waals surface area contributed by atoms with Gasteiger partial charge in [0, 0.05) is 31.8 Å². The Kier molecular flexibility index (Phi) is 7.12. The maximum Gasteiger partial charge on any atom is 0.416 e. The molecule has 0 N–H and O–H groups in total. The summed E-state index contributed by atoms with van der Waals surface area (Å²) in [5, 5.41) is 0. The second kappa shape index (κ2) is 9.37. The Morgan fingerprint density at radius 1 is 0.939 bits per heavy atom. The van der Waals surface area contributed by atoms with Crippen LogP contribution in [-0.4, -0.2) is 30.0 Å². The molecule has 3 unspecified atom stereocenters. The first-order valence-corrected chi connectivity index (χ1v) is 10.5. The molecule has 0 aromatic heterocycles. The lowest BCUT2D eigenvalue weighted by atomic mass is 9.85. The average Bonchev–Trinajstić information content (AvgIpc) is 3.19. The number of amides is 1. The Hall–Kier alpha value is -2.55. The summed E-state index contributed by atoms with van der Waals surface area (Å²) in [6, 6.07) is 11.0. The zero-order valence-electron chi connectivity index (χ0n) is 18.4. The van der Waals surface area contributed by atoms with Crippen molar-refractivity contribution < 1.29 is 35.9 Å². The molecule has 0 spiro atoms. The van der Waals surface area contributed by atoms with Crippen LogP contribution < -0.4 is 0 Å². The second-order valence-electron chi connectivity index (χ2n) is 8.43. The number of hydrogen-bond acceptors (Lipinski definition) is 2. The van der Waals surface area contributed by atoms with Crippen molar-refractivity contribution in [1.82, 2.24) is 4.90 Å². The molecule has 1 amide bonds. The van der Waals surface area contributed by atoms with Gasteiger partial charge in [0.25, 0.3) is 0 Å². The number of ether oxygens (including phenoxy) is 1. The highest BCUT2D eigenvalue weighted by molar-refractivity contribution is 5.73. The van der Waals surface area contributed by atoms with Crippen LogP contribution in [0.15, 0.2) is 48.5 Å². The topological polar surface area (TPSA) is 29.5 Å². The Labute approximate surface area is 188 Å². The van der Waals surface area contributed by atoms with Crippen LogP contribution >= 0.6 is 0 Å². The third kappa shape index (κ3) is 5.88. The number of likely N-dealkylation sites (tertiary alicyclic amines) is 1. The monoisotopic (exact) mass is 473 g/mol. The molecular formula is C24H25F6NO2. The van der Waals surface area contributed by atoms with E-state index in [9.17, 15) is 31.1 Å². The van der Waals surface area contributed by atoms with E-state index in [0.29, 0.717) is 25.2 Å². The van der Waals surface area contributed by atoms with Gasteiger partial charge < -0.3 is 9.64 Å². The summed E-state index contributed by atoms with van der Waals surface area (Å²) in [5.41, 5.74) is -1.96. The van der Waals surface area contributed by atoms with E-state index in [1.165, 1.54) is 13.8 Å². The molecule has 0 bridgehead atoms. The Bertz CT molecular complexity index is 941. The molecule has 0 radical (unpaired) electrons. The van der Waals surface area contributed by atoms with Crippen LogP contribution in [0.4, 0.5) is 26.3 Å². The lowest BCUT2D eigenvalue weighted by molar-refractivity contribution is -0.143. The number of carbonyl (C=O) groups excluding carboxylic acids is 1. The quantitative estimate of drug-likeness (QED) is 0.467. The maximum atomic E-state index is 13.2. The van der Waals surface area contributed by atoms with Gasteiger partial charge in [-0.2, -0.15) is 26.3 Å². The van der Waals surface area contributed by atoms with Crippen molar-refractivity contribution >= 4 is 5.91 Å². The Morgan fingerprint density at radius 3 is 1.97 bits per heavy atom. The lowest BCUT2D eigenvalue weighted by Crippen LogP contribution is -2.30. The van der Waals surface area contributed by atoms with E-state index in [-0.39, 0.29) is 29.4 Å². The molecule has 180 valence electrons. The minimum Gasteiger partial charge on any atom is -0.370 e. The predicted molar refractivity (Wildman–Crippen MR) is 110 cm³/mol. The van der Waals surface area contributed by atoms with Crippen LogP contribution in [0, 0.1) is 5.92 Å². The summed E-state index contributed by atoms with van der Waals surface area (Å²) in [6.07, 6.45) is -11.4. The van der Waals surface area contributed by atoms with E-state index in [4.69, 9.17) is 4.74 Å². The van der Waals surface area contributed by atoms with Gasteiger partial charge in [-0.15, -0.1) is 0 Å². The minimum atomic E-state index is -4.92. The molecule has 0 saturated carbocycles. The first-order valence-electron chi connectivity index (χ1n) is 10.5. The number of nitrogens with zero attached hydrogens (tertiary/aromatic N) is 1. The molecule has 1 saturated heterocycles. The zero-order valence-corrected chi connectivity index (χ0v) is 18.4. The van der Waals surface area contributed by atoms with Crippen molar-refractivity contribution in [3.63, 3.8) is 0 Å². The molecule has 1 fully saturated rings. The van der Waals surface area contributed by atoms with Gasteiger partial charge >= 0.3 is 12.4 Å². The van der Waals surface area contributed by atoms with Crippen molar-refractivity contribution in [1.29, 1.82) is 0 Å². The van der Waals surface area contributed by atoms with Gasteiger partial charge in [0.05, 0.1) is 23.3 Å². The fourth-order valence-corrected chi connectivity index (χ4v) is 4.33. The van der Waals surface area contributed by atoms with E-state index in [1.54, 1.807) is 11.8 Å². The molecule has 33 heavy (non-hydrogen) atoms. The van der Waals surface area contributed by atoms with Gasteiger partial charge in [0.15, 0.2) is 0 Å². The number of alkyl halides is 6. The molecular weight excluding hydrogens is 448 g/mol. The van der Waals surface area contributed by atoms with Crippen LogP contribution in [0.5, 0.6) is 0 Å². The van der Waals surface area contributed by atoms with Crippen LogP contribution in [0.2, 0.25) is 0 Å². The van der Waals surface area contributed by atoms with Crippen molar-refractivity contribution in [3.05, 3.63) is 70.8 Å². The molecule has 2 aromatic rings. The van der Waals surface area contributed by atoms with Crippen molar-refractivity contribution in [2.24, 2.45) is 5.92 Å². The predicted octanol–water partition coefficient (Wildman–Crippen LogP) is 6.45. The highest BCUT2D eigenvalue weighted by Crippen LogP contribution is 2.40. The van der Waals surface area contributed by atoms with Crippen molar-refractivity contribution in [3.8, 4) is 0 Å². The van der Waals surface area contributed by atoms with E-state index in [0.717, 1.165) is 5.56 Å². The molecule has 1 aliphatic heterocycles. The van der Waals surface area contributed by atoms with Crippen LogP contribution in [-0.2, 0) is 21.9 Å². The SMILES string of the molecule is CC(=O)N1CC(c2ccccc2)[C@H](C(C)OC(C)c2cc(C(F)(F)F)cc(C(F)(F)F)c2)C1. The molecule has 1 heterocycles. The van der Waals surface area contributed by atoms with E-state index < -0.39 is 35.7 Å². The molecule has 4 atom stereocenters. The highest BCUT2D eigenvalue weighted by atomic mass is 19.4. The van der Waals surface area contributed by atoms with E-state index in [1.807, 2.05) is 30.3 Å². The van der Waals surface area contributed by atoms with Gasteiger partial charge in [-0.05, 0) is 43.2 Å². The van der Waals surface area contributed by atoms with Gasteiger partial charge in [-0.3, -0.25) is 4.79 Å². The highest BCUT2D eigenvalue weighted by Gasteiger charge is 2.40. The van der Waals surface area contributed by atoms with Crippen LogP contribution in [0.3, 0.4) is 0 Å². The normalized spacial score (nSPS) is 21.2. The van der Waals surface area contributed by atoms with Crippen LogP contribution in [0.1, 0.15) is 55.0 Å². The van der Waals surface area contributed by atoms with E-state index in [2.05, 4.69) is 0 Å². The summed E-state index contributed by atoms with van der Waals surface area (Å²) < 4.78 is 85.3. The van der Waals surface area contributed by atoms with Crippen LogP contribution in [0.25, 0.3) is 0 Å². The molecule has 3 nitrogen and oxygen atoms in total. The molecule has 0 aliphatic carbocycles.